The molecule has 2 amide bonds. The fourth-order valence-electron chi connectivity index (χ4n) is 5.81. The summed E-state index contributed by atoms with van der Waals surface area (Å²) in [5.41, 5.74) is 3.30. The minimum atomic E-state index is -0.826. The van der Waals surface area contributed by atoms with E-state index in [1.54, 1.807) is 49.1 Å². The Balaban J connectivity index is 1.31. The molecule has 2 atom stereocenters. The summed E-state index contributed by atoms with van der Waals surface area (Å²) in [4.78, 5) is 44.8. The monoisotopic (exact) mass is 613 g/mol. The fourth-order valence-corrected chi connectivity index (χ4v) is 5.98. The van der Waals surface area contributed by atoms with Crippen LogP contribution in [0, 0.1) is 12.7 Å². The summed E-state index contributed by atoms with van der Waals surface area (Å²) in [6, 6.07) is 20.3. The maximum absolute atomic E-state index is 14.8. The second-order valence-electron chi connectivity index (χ2n) is 10.6. The predicted octanol–water partition coefficient (Wildman–Crippen LogP) is 6.27. The lowest BCUT2D eigenvalue weighted by Crippen LogP contribution is -2.45. The van der Waals surface area contributed by atoms with Crippen molar-refractivity contribution in [1.82, 2.24) is 19.7 Å². The molecule has 1 saturated heterocycles. The number of aromatic nitrogens is 3. The number of esters is 1. The molecule has 1 aliphatic heterocycles. The van der Waals surface area contributed by atoms with Gasteiger partial charge in [-0.2, -0.15) is 5.10 Å². The molecule has 0 saturated carbocycles. The quantitative estimate of drug-likeness (QED) is 0.210. The number of nitrogens with zero attached hydrogens (tertiary/aromatic N) is 3. The highest BCUT2D eigenvalue weighted by Gasteiger charge is 2.43. The van der Waals surface area contributed by atoms with Crippen LogP contribution in [-0.4, -0.2) is 56.6 Å². The number of fused-ring (bicyclic) bond motifs is 1. The molecule has 3 heterocycles. The smallest absolute Gasteiger partial charge is 0.354 e. The Bertz CT molecular complexity index is 1890. The average Bonchev–Trinajstić information content (AvgIpc) is 3.75. The molecule has 5 aromatic rings. The van der Waals surface area contributed by atoms with Crippen molar-refractivity contribution in [2.45, 2.75) is 32.2 Å². The van der Waals surface area contributed by atoms with Crippen LogP contribution in [0.2, 0.25) is 5.02 Å². The normalized spacial score (nSPS) is 16.3. The van der Waals surface area contributed by atoms with Crippen molar-refractivity contribution in [2.75, 3.05) is 18.5 Å². The Labute approximate surface area is 257 Å². The van der Waals surface area contributed by atoms with Crippen molar-refractivity contribution in [3.63, 3.8) is 0 Å². The second kappa shape index (κ2) is 12.0. The van der Waals surface area contributed by atoms with Gasteiger partial charge in [0.05, 0.1) is 29.1 Å². The van der Waals surface area contributed by atoms with Gasteiger partial charge in [-0.15, -0.1) is 0 Å². The predicted molar refractivity (Wildman–Crippen MR) is 165 cm³/mol. The summed E-state index contributed by atoms with van der Waals surface area (Å²) >= 11 is 5.99. The molecule has 0 spiro atoms. The number of H-pyrrole nitrogens is 1. The highest BCUT2D eigenvalue weighted by molar-refractivity contribution is 6.30. The standard InChI is InChI=1S/C33H29ClFN5O4/c1-3-44-33(43)27-17-21-16-22(12-13-26(21)38-27)37-31(41)30-23(20-8-5-4-6-9-20)14-15-39(30)32(42)24-18-36-40(19(24)2)28-11-7-10-25(34)29(28)35/h4-13,16-18,23,30,38H,3,14-15H2,1-2H3,(H,37,41)/t23-,30+/m1/s1. The number of hydrogen-bond acceptors (Lipinski definition) is 5. The van der Waals surface area contributed by atoms with Gasteiger partial charge in [-0.1, -0.05) is 48.0 Å². The molecule has 0 aliphatic carbocycles. The Morgan fingerprint density at radius 2 is 1.89 bits per heavy atom. The Morgan fingerprint density at radius 1 is 1.09 bits per heavy atom. The Kier molecular flexibility index (Phi) is 7.92. The van der Waals surface area contributed by atoms with Crippen LogP contribution in [0.3, 0.4) is 0 Å². The van der Waals surface area contributed by atoms with Crippen LogP contribution in [0.5, 0.6) is 0 Å². The number of benzene rings is 3. The number of ether oxygens (including phenoxy) is 1. The van der Waals surface area contributed by atoms with Crippen LogP contribution in [0.15, 0.2) is 79.0 Å². The third kappa shape index (κ3) is 5.33. The van der Waals surface area contributed by atoms with Crippen LogP contribution in [-0.2, 0) is 9.53 Å². The van der Waals surface area contributed by atoms with Crippen LogP contribution in [0.1, 0.15) is 51.4 Å². The van der Waals surface area contributed by atoms with Crippen molar-refractivity contribution in [3.8, 4) is 5.69 Å². The molecule has 0 bridgehead atoms. The zero-order valence-corrected chi connectivity index (χ0v) is 24.8. The maximum Gasteiger partial charge on any atom is 0.354 e. The second-order valence-corrected chi connectivity index (χ2v) is 11.0. The molecule has 9 nitrogen and oxygen atoms in total. The lowest BCUT2D eigenvalue weighted by atomic mass is 9.91. The number of rotatable bonds is 7. The highest BCUT2D eigenvalue weighted by Crippen LogP contribution is 2.36. The molecule has 1 aliphatic rings. The number of carbonyl (C=O) groups is 3. The number of hydrogen-bond donors (Lipinski definition) is 2. The van der Waals surface area contributed by atoms with Gasteiger partial charge < -0.3 is 19.9 Å². The van der Waals surface area contributed by atoms with E-state index in [0.29, 0.717) is 30.0 Å². The van der Waals surface area contributed by atoms with Crippen molar-refractivity contribution < 1.29 is 23.5 Å². The number of aromatic amines is 1. The van der Waals surface area contributed by atoms with E-state index in [4.69, 9.17) is 16.3 Å². The number of amides is 2. The molecule has 0 unspecified atom stereocenters. The fraction of sp³-hybridized carbons (Fsp3) is 0.212. The van der Waals surface area contributed by atoms with E-state index in [1.165, 1.54) is 23.0 Å². The molecule has 2 N–H and O–H groups in total. The Hall–Kier alpha value is -4.96. The van der Waals surface area contributed by atoms with E-state index in [1.807, 2.05) is 30.3 Å². The van der Waals surface area contributed by atoms with Gasteiger partial charge in [0, 0.05) is 29.1 Å². The zero-order chi connectivity index (χ0) is 31.0. The summed E-state index contributed by atoms with van der Waals surface area (Å²) in [5.74, 6) is -2.09. The molecule has 44 heavy (non-hydrogen) atoms. The summed E-state index contributed by atoms with van der Waals surface area (Å²) in [5, 5.41) is 7.94. The van der Waals surface area contributed by atoms with Crippen LogP contribution in [0.25, 0.3) is 16.6 Å². The topological polar surface area (TPSA) is 109 Å². The average molecular weight is 614 g/mol. The SMILES string of the molecule is CCOC(=O)c1cc2cc(NC(=O)[C@@H]3[C@@H](c4ccccc4)CCN3C(=O)c3cnn(-c4cccc(Cl)c4F)c3C)ccc2[nH]1. The van der Waals surface area contributed by atoms with Crippen LogP contribution < -0.4 is 5.32 Å². The molecule has 3 aromatic carbocycles. The summed E-state index contributed by atoms with van der Waals surface area (Å²) < 4.78 is 21.2. The maximum atomic E-state index is 14.8. The number of likely N-dealkylation sites (tertiary alicyclic amines) is 1. The van der Waals surface area contributed by atoms with Crippen molar-refractivity contribution >= 4 is 46.0 Å². The lowest BCUT2D eigenvalue weighted by molar-refractivity contribution is -0.120. The molecule has 1 fully saturated rings. The number of carbonyl (C=O) groups excluding carboxylic acids is 3. The minimum absolute atomic E-state index is 0.0535. The first-order chi connectivity index (χ1) is 21.3. The third-order valence-corrected chi connectivity index (χ3v) is 8.23. The molecule has 224 valence electrons. The van der Waals surface area contributed by atoms with Gasteiger partial charge in [0.2, 0.25) is 5.91 Å². The van der Waals surface area contributed by atoms with Gasteiger partial charge in [0.25, 0.3) is 5.91 Å². The number of halogens is 2. The zero-order valence-electron chi connectivity index (χ0n) is 24.0. The van der Waals surface area contributed by atoms with Gasteiger partial charge in [-0.3, -0.25) is 9.59 Å². The first-order valence-corrected chi connectivity index (χ1v) is 14.6. The van der Waals surface area contributed by atoms with E-state index in [9.17, 15) is 18.8 Å². The largest absolute Gasteiger partial charge is 0.461 e. The molecular formula is C33H29ClFN5O4. The summed E-state index contributed by atoms with van der Waals surface area (Å²) in [6.45, 7) is 4.01. The lowest BCUT2D eigenvalue weighted by Gasteiger charge is -2.27. The Morgan fingerprint density at radius 3 is 2.66 bits per heavy atom. The van der Waals surface area contributed by atoms with Crippen molar-refractivity contribution in [1.29, 1.82) is 0 Å². The van der Waals surface area contributed by atoms with Crippen molar-refractivity contribution in [2.24, 2.45) is 0 Å². The third-order valence-electron chi connectivity index (χ3n) is 7.94. The van der Waals surface area contributed by atoms with E-state index in [0.717, 1.165) is 16.5 Å². The number of nitrogens with one attached hydrogen (secondary N) is 2. The molecule has 6 rings (SSSR count). The molecule has 2 aromatic heterocycles. The van der Waals surface area contributed by atoms with Crippen LogP contribution in [0.4, 0.5) is 10.1 Å². The summed E-state index contributed by atoms with van der Waals surface area (Å²) in [7, 11) is 0. The van der Waals surface area contributed by atoms with Crippen LogP contribution >= 0.6 is 11.6 Å². The van der Waals surface area contributed by atoms with Gasteiger partial charge in [-0.25, -0.2) is 13.9 Å². The van der Waals surface area contributed by atoms with E-state index >= 15 is 0 Å². The van der Waals surface area contributed by atoms with Gasteiger partial charge in [0.1, 0.15) is 17.4 Å². The van der Waals surface area contributed by atoms with Gasteiger partial charge >= 0.3 is 5.97 Å². The first kappa shape index (κ1) is 29.1. The summed E-state index contributed by atoms with van der Waals surface area (Å²) in [6.07, 6.45) is 1.97. The molecule has 11 heteroatoms. The van der Waals surface area contributed by atoms with Gasteiger partial charge in [-0.05, 0) is 62.2 Å². The first-order valence-electron chi connectivity index (χ1n) is 14.2. The van der Waals surface area contributed by atoms with Gasteiger partial charge in [0.15, 0.2) is 5.82 Å². The number of anilines is 1. The van der Waals surface area contributed by atoms with E-state index < -0.39 is 17.8 Å². The molecular weight excluding hydrogens is 585 g/mol. The molecule has 0 radical (unpaired) electrons. The van der Waals surface area contributed by atoms with Crippen molar-refractivity contribution in [3.05, 3.63) is 112 Å². The highest BCUT2D eigenvalue weighted by atomic mass is 35.5. The minimum Gasteiger partial charge on any atom is -0.461 e. The van der Waals surface area contributed by atoms with E-state index in [2.05, 4.69) is 15.4 Å². The van der Waals surface area contributed by atoms with E-state index in [-0.39, 0.29) is 40.6 Å².